The number of nitrogens with one attached hydrogen (secondary N) is 1. The average molecular weight is 618 g/mol. The first-order chi connectivity index (χ1) is 21.2. The molecule has 3 rings (SSSR count). The molecular formula is C35H55N9O. The highest BCUT2D eigenvalue weighted by atomic mass is 16.1. The number of hydrazine groups is 1. The summed E-state index contributed by atoms with van der Waals surface area (Å²) in [6.07, 6.45) is 11.3. The minimum Gasteiger partial charge on any atom is -0.397 e. The van der Waals surface area contributed by atoms with Gasteiger partial charge in [0.25, 0.3) is 0 Å². The topological polar surface area (TPSA) is 132 Å². The second-order valence-electron chi connectivity index (χ2n) is 11.6. The molecule has 45 heavy (non-hydrogen) atoms. The van der Waals surface area contributed by atoms with E-state index in [1.165, 1.54) is 11.9 Å². The van der Waals surface area contributed by atoms with Crippen molar-refractivity contribution in [2.24, 2.45) is 24.0 Å². The fourth-order valence-electron chi connectivity index (χ4n) is 4.40. The average Bonchev–Trinajstić information content (AvgIpc) is 3.18. The summed E-state index contributed by atoms with van der Waals surface area (Å²) < 4.78 is 1.78. The van der Waals surface area contributed by atoms with Crippen molar-refractivity contribution in [2.45, 2.75) is 61.3 Å². The Morgan fingerprint density at radius 1 is 1.16 bits per heavy atom. The van der Waals surface area contributed by atoms with Gasteiger partial charge in [0, 0.05) is 62.8 Å². The van der Waals surface area contributed by atoms with Gasteiger partial charge in [-0.3, -0.25) is 14.5 Å². The number of rotatable bonds is 10. The van der Waals surface area contributed by atoms with E-state index in [-0.39, 0.29) is 5.91 Å². The van der Waals surface area contributed by atoms with E-state index in [0.29, 0.717) is 12.1 Å². The highest BCUT2D eigenvalue weighted by molar-refractivity contribution is 5.75. The van der Waals surface area contributed by atoms with Crippen LogP contribution in [0.3, 0.4) is 0 Å². The molecule has 0 atom stereocenters. The van der Waals surface area contributed by atoms with Crippen LogP contribution in [0.2, 0.25) is 0 Å². The molecule has 0 radical (unpaired) electrons. The monoisotopic (exact) mass is 617 g/mol. The van der Waals surface area contributed by atoms with Crippen LogP contribution in [0.5, 0.6) is 0 Å². The van der Waals surface area contributed by atoms with Crippen LogP contribution in [0.25, 0.3) is 5.70 Å². The van der Waals surface area contributed by atoms with Crippen LogP contribution in [0.15, 0.2) is 71.9 Å². The SMILES string of the molecule is CC.CC(=O)NC1=CC(C(C)(C)C#N)=CC(N(C)CCCN(C)C)=CC1.Cc1ccccc1N(N)/C=C(\N)c1cnn(C)c1C. The minimum absolute atomic E-state index is 0.0912. The molecule has 10 heteroatoms. The molecule has 1 amide bonds. The molecule has 1 aromatic carbocycles. The number of nitrogens with two attached hydrogens (primary N) is 2. The Labute approximate surface area is 271 Å². The number of carbonyl (C=O) groups is 1. The zero-order valence-corrected chi connectivity index (χ0v) is 29.3. The zero-order valence-electron chi connectivity index (χ0n) is 29.3. The molecule has 0 unspecified atom stereocenters. The third-order valence-electron chi connectivity index (χ3n) is 7.26. The molecule has 1 aliphatic rings. The summed E-state index contributed by atoms with van der Waals surface area (Å²) in [4.78, 5) is 15.8. The molecule has 10 nitrogen and oxygen atoms in total. The molecule has 0 fully saturated rings. The van der Waals surface area contributed by atoms with Crippen LogP contribution >= 0.6 is 0 Å². The molecule has 0 spiro atoms. The molecule has 0 saturated carbocycles. The molecule has 1 aliphatic carbocycles. The summed E-state index contributed by atoms with van der Waals surface area (Å²) in [5.74, 6) is 5.95. The quantitative estimate of drug-likeness (QED) is 0.240. The van der Waals surface area contributed by atoms with Crippen LogP contribution in [-0.4, -0.2) is 59.7 Å². The van der Waals surface area contributed by atoms with Crippen molar-refractivity contribution in [1.82, 2.24) is 24.9 Å². The maximum Gasteiger partial charge on any atom is 0.221 e. The van der Waals surface area contributed by atoms with Crippen LogP contribution in [-0.2, 0) is 11.8 Å². The molecule has 1 heterocycles. The van der Waals surface area contributed by atoms with Crippen molar-refractivity contribution >= 4 is 17.3 Å². The lowest BCUT2D eigenvalue weighted by molar-refractivity contribution is -0.118. The third-order valence-corrected chi connectivity index (χ3v) is 7.26. The molecule has 0 bridgehead atoms. The molecule has 2 aromatic rings. The first-order valence-corrected chi connectivity index (χ1v) is 15.4. The lowest BCUT2D eigenvalue weighted by Gasteiger charge is -2.23. The van der Waals surface area contributed by atoms with E-state index in [2.05, 4.69) is 59.6 Å². The van der Waals surface area contributed by atoms with Gasteiger partial charge in [0.1, 0.15) is 0 Å². The van der Waals surface area contributed by atoms with Gasteiger partial charge in [-0.25, -0.2) is 5.84 Å². The van der Waals surface area contributed by atoms with Gasteiger partial charge in [-0.05, 0) is 84.1 Å². The first kappa shape index (κ1) is 38.7. The van der Waals surface area contributed by atoms with Gasteiger partial charge in [-0.1, -0.05) is 38.1 Å². The van der Waals surface area contributed by atoms with E-state index in [9.17, 15) is 10.1 Å². The first-order valence-electron chi connectivity index (χ1n) is 15.4. The number of nitriles is 1. The van der Waals surface area contributed by atoms with E-state index >= 15 is 0 Å². The molecule has 0 aliphatic heterocycles. The Morgan fingerprint density at radius 3 is 2.33 bits per heavy atom. The van der Waals surface area contributed by atoms with Crippen molar-refractivity contribution in [1.29, 1.82) is 5.26 Å². The minimum atomic E-state index is -0.613. The van der Waals surface area contributed by atoms with Gasteiger partial charge in [0.2, 0.25) is 5.91 Å². The Balaban J connectivity index is 0.000000435. The van der Waals surface area contributed by atoms with E-state index in [4.69, 9.17) is 11.6 Å². The number of aryl methyl sites for hydroxylation is 2. The summed E-state index contributed by atoms with van der Waals surface area (Å²) in [5, 5.41) is 18.1. The van der Waals surface area contributed by atoms with Crippen molar-refractivity contribution in [3.05, 3.63) is 88.7 Å². The van der Waals surface area contributed by atoms with Gasteiger partial charge in [0.15, 0.2) is 0 Å². The highest BCUT2D eigenvalue weighted by Gasteiger charge is 2.24. The number of benzene rings is 1. The van der Waals surface area contributed by atoms with E-state index in [1.54, 1.807) is 17.1 Å². The Bertz CT molecular complexity index is 1420. The third kappa shape index (κ3) is 12.3. The van der Waals surface area contributed by atoms with E-state index < -0.39 is 5.41 Å². The summed E-state index contributed by atoms with van der Waals surface area (Å²) >= 11 is 0. The normalized spacial score (nSPS) is 13.1. The predicted molar refractivity (Wildman–Crippen MR) is 187 cm³/mol. The van der Waals surface area contributed by atoms with E-state index in [0.717, 1.165) is 59.0 Å². The predicted octanol–water partition coefficient (Wildman–Crippen LogP) is 5.35. The standard InChI is InChI=1S/C19H30N4O.C14H19N5.C2H6/c1-15(24)21-17-8-9-18(23(6)11-7-10-22(4)5)13-16(12-17)19(2,3)14-20;1-10-6-4-5-7-14(10)19(16)9-13(15)12-8-17-18(3)11(12)2;1-2/h9,12-13H,7-8,10-11H2,1-6H3,(H,21,24);4-9H,15-16H2,1-3H3;1-2H3/b;13-9-;. The van der Waals surface area contributed by atoms with Crippen LogP contribution in [0, 0.1) is 30.6 Å². The van der Waals surface area contributed by atoms with Gasteiger partial charge in [-0.15, -0.1) is 0 Å². The van der Waals surface area contributed by atoms with Crippen molar-refractivity contribution in [2.75, 3.05) is 39.2 Å². The van der Waals surface area contributed by atoms with E-state index in [1.807, 2.05) is 78.9 Å². The van der Waals surface area contributed by atoms with Gasteiger partial charge in [0.05, 0.1) is 29.1 Å². The number of allylic oxidation sites excluding steroid dienone is 4. The van der Waals surface area contributed by atoms with Gasteiger partial charge >= 0.3 is 0 Å². The van der Waals surface area contributed by atoms with Crippen molar-refractivity contribution < 1.29 is 4.79 Å². The highest BCUT2D eigenvalue weighted by Crippen LogP contribution is 2.31. The number of amides is 1. The number of aromatic nitrogens is 2. The van der Waals surface area contributed by atoms with Crippen LogP contribution in [0.1, 0.15) is 64.3 Å². The fourth-order valence-corrected chi connectivity index (χ4v) is 4.40. The lowest BCUT2D eigenvalue weighted by atomic mass is 9.85. The Kier molecular flexibility index (Phi) is 15.9. The Hall–Kier alpha value is -4.33. The van der Waals surface area contributed by atoms with Gasteiger partial charge < -0.3 is 20.9 Å². The molecule has 0 saturated heterocycles. The molecule has 1 aromatic heterocycles. The second-order valence-corrected chi connectivity index (χ2v) is 11.6. The maximum atomic E-state index is 11.4. The number of nitrogens with zero attached hydrogens (tertiary/aromatic N) is 6. The van der Waals surface area contributed by atoms with Crippen LogP contribution < -0.4 is 21.9 Å². The molecular weight excluding hydrogens is 562 g/mol. The fraction of sp³-hybridized carbons (Fsp3) is 0.457. The summed E-state index contributed by atoms with van der Waals surface area (Å²) in [7, 11) is 8.09. The molecule has 246 valence electrons. The molecule has 5 N–H and O–H groups in total. The smallest absolute Gasteiger partial charge is 0.221 e. The number of likely N-dealkylation sites (N-methyl/N-ethyl adjacent to an activating group) is 1. The summed E-state index contributed by atoms with van der Waals surface area (Å²) in [5.41, 5.74) is 12.8. The van der Waals surface area contributed by atoms with Crippen molar-refractivity contribution in [3.63, 3.8) is 0 Å². The second kappa shape index (κ2) is 18.5. The number of hydrogen-bond acceptors (Lipinski definition) is 8. The number of anilines is 1. The lowest BCUT2D eigenvalue weighted by Crippen LogP contribution is -2.26. The van der Waals surface area contributed by atoms with Crippen molar-refractivity contribution in [3.8, 4) is 6.07 Å². The van der Waals surface area contributed by atoms with Gasteiger partial charge in [-0.2, -0.15) is 10.4 Å². The number of para-hydroxylation sites is 1. The maximum absolute atomic E-state index is 11.4. The largest absolute Gasteiger partial charge is 0.397 e. The summed E-state index contributed by atoms with van der Waals surface area (Å²) in [6, 6.07) is 10.2. The number of hydrogen-bond donors (Lipinski definition) is 3. The van der Waals surface area contributed by atoms with Crippen LogP contribution in [0.4, 0.5) is 5.69 Å². The zero-order chi connectivity index (χ0) is 34.3. The number of carbonyl (C=O) groups excluding carboxylic acids is 1. The summed E-state index contributed by atoms with van der Waals surface area (Å²) in [6.45, 7) is 15.3. The Morgan fingerprint density at radius 2 is 1.80 bits per heavy atom.